The maximum atomic E-state index is 10.9. The highest BCUT2D eigenvalue weighted by molar-refractivity contribution is 7.85. The Kier molecular flexibility index (Phi) is 3.79. The van der Waals surface area contributed by atoms with Crippen molar-refractivity contribution in [2.75, 3.05) is 19.4 Å². The van der Waals surface area contributed by atoms with Crippen LogP contribution in [0.25, 0.3) is 0 Å². The van der Waals surface area contributed by atoms with Crippen LogP contribution in [0.3, 0.4) is 0 Å². The van der Waals surface area contributed by atoms with Crippen LogP contribution < -0.4 is 0 Å². The van der Waals surface area contributed by atoms with Crippen molar-refractivity contribution in [3.8, 4) is 0 Å². The summed E-state index contributed by atoms with van der Waals surface area (Å²) in [6.07, 6.45) is 3.24. The molecule has 90 valence electrons. The average Bonchev–Trinajstić information content (AvgIpc) is 2.45. The van der Waals surface area contributed by atoms with Gasteiger partial charge in [-0.25, -0.2) is 0 Å². The Bertz CT molecular complexity index is 305. The van der Waals surface area contributed by atoms with Gasteiger partial charge in [0, 0.05) is 11.6 Å². The zero-order valence-corrected chi connectivity index (χ0v) is 10.8. The van der Waals surface area contributed by atoms with Gasteiger partial charge in [0.1, 0.15) is 0 Å². The van der Waals surface area contributed by atoms with Gasteiger partial charge in [0.15, 0.2) is 0 Å². The van der Waals surface area contributed by atoms with E-state index in [-0.39, 0.29) is 18.2 Å². The molecular formula is C10H21NO3S. The maximum Gasteiger partial charge on any atom is 0.264 e. The fourth-order valence-electron chi connectivity index (χ4n) is 2.09. The Morgan fingerprint density at radius 2 is 2.00 bits per heavy atom. The number of nitrogens with zero attached hydrogens (tertiary/aromatic N) is 1. The first-order chi connectivity index (χ1) is 6.70. The monoisotopic (exact) mass is 235 g/mol. The van der Waals surface area contributed by atoms with Gasteiger partial charge in [0.25, 0.3) is 10.1 Å². The molecule has 0 aromatic heterocycles. The highest BCUT2D eigenvalue weighted by atomic mass is 32.2. The van der Waals surface area contributed by atoms with Crippen molar-refractivity contribution in [3.63, 3.8) is 0 Å². The second-order valence-corrected chi connectivity index (χ2v) is 6.79. The number of likely N-dealkylation sites (tertiary alicyclic amines) is 1. The first-order valence-electron chi connectivity index (χ1n) is 5.31. The predicted molar refractivity (Wildman–Crippen MR) is 60.3 cm³/mol. The lowest BCUT2D eigenvalue weighted by molar-refractivity contribution is 0.0899. The standard InChI is InChI=1S/C10H21NO3S/c1-10(2,3)11-7-5-6-9(11)8-14-15(4,12)13/h9H,5-8H2,1-4H3/t9-/m1/s1. The van der Waals surface area contributed by atoms with Crippen LogP contribution >= 0.6 is 0 Å². The molecule has 15 heavy (non-hydrogen) atoms. The van der Waals surface area contributed by atoms with E-state index in [1.54, 1.807) is 0 Å². The molecule has 0 aromatic rings. The Labute approximate surface area is 92.7 Å². The average molecular weight is 235 g/mol. The second-order valence-electron chi connectivity index (χ2n) is 5.15. The van der Waals surface area contributed by atoms with Crippen LogP contribution in [-0.4, -0.2) is 44.3 Å². The van der Waals surface area contributed by atoms with Gasteiger partial charge in [-0.3, -0.25) is 9.08 Å². The molecule has 0 saturated carbocycles. The summed E-state index contributed by atoms with van der Waals surface area (Å²) in [5.74, 6) is 0. The van der Waals surface area contributed by atoms with Crippen LogP contribution in [-0.2, 0) is 14.3 Å². The van der Waals surface area contributed by atoms with E-state index in [9.17, 15) is 8.42 Å². The molecule has 1 rings (SSSR count). The van der Waals surface area contributed by atoms with Crippen molar-refractivity contribution in [1.82, 2.24) is 4.90 Å². The first-order valence-corrected chi connectivity index (χ1v) is 7.13. The lowest BCUT2D eigenvalue weighted by Gasteiger charge is -2.36. The third-order valence-corrected chi connectivity index (χ3v) is 3.28. The van der Waals surface area contributed by atoms with Crippen molar-refractivity contribution >= 4 is 10.1 Å². The molecule has 5 heteroatoms. The molecule has 1 aliphatic rings. The molecule has 0 unspecified atom stereocenters. The quantitative estimate of drug-likeness (QED) is 0.690. The second kappa shape index (κ2) is 4.39. The van der Waals surface area contributed by atoms with Crippen LogP contribution in [0.4, 0.5) is 0 Å². The largest absolute Gasteiger partial charge is 0.293 e. The van der Waals surface area contributed by atoms with E-state index in [4.69, 9.17) is 4.18 Å². The van der Waals surface area contributed by atoms with Gasteiger partial charge in [0.2, 0.25) is 0 Å². The Morgan fingerprint density at radius 1 is 1.40 bits per heavy atom. The molecular weight excluding hydrogens is 214 g/mol. The molecule has 0 aromatic carbocycles. The molecule has 0 spiro atoms. The van der Waals surface area contributed by atoms with E-state index < -0.39 is 10.1 Å². The van der Waals surface area contributed by atoms with Gasteiger partial charge in [0.05, 0.1) is 12.9 Å². The topological polar surface area (TPSA) is 46.6 Å². The minimum absolute atomic E-state index is 0.0853. The Morgan fingerprint density at radius 3 is 2.47 bits per heavy atom. The van der Waals surface area contributed by atoms with E-state index in [1.807, 2.05) is 0 Å². The number of rotatable bonds is 3. The van der Waals surface area contributed by atoms with E-state index in [2.05, 4.69) is 25.7 Å². The Balaban J connectivity index is 2.55. The molecule has 4 nitrogen and oxygen atoms in total. The van der Waals surface area contributed by atoms with Crippen LogP contribution in [0.1, 0.15) is 33.6 Å². The molecule has 1 heterocycles. The van der Waals surface area contributed by atoms with Crippen molar-refractivity contribution in [2.24, 2.45) is 0 Å². The van der Waals surface area contributed by atoms with Gasteiger partial charge in [-0.05, 0) is 40.2 Å². The Hall–Kier alpha value is -0.130. The van der Waals surface area contributed by atoms with E-state index in [1.165, 1.54) is 0 Å². The smallest absolute Gasteiger partial charge is 0.264 e. The van der Waals surface area contributed by atoms with Crippen LogP contribution in [0.15, 0.2) is 0 Å². The van der Waals surface area contributed by atoms with Gasteiger partial charge in [-0.2, -0.15) is 8.42 Å². The first kappa shape index (κ1) is 12.9. The molecule has 1 fully saturated rings. The zero-order valence-electron chi connectivity index (χ0n) is 9.99. The summed E-state index contributed by atoms with van der Waals surface area (Å²) >= 11 is 0. The minimum atomic E-state index is -3.31. The van der Waals surface area contributed by atoms with Gasteiger partial charge < -0.3 is 0 Å². The van der Waals surface area contributed by atoms with E-state index >= 15 is 0 Å². The van der Waals surface area contributed by atoms with Crippen LogP contribution in [0.2, 0.25) is 0 Å². The van der Waals surface area contributed by atoms with Crippen molar-refractivity contribution in [2.45, 2.75) is 45.2 Å². The lowest BCUT2D eigenvalue weighted by Crippen LogP contribution is -2.46. The van der Waals surface area contributed by atoms with Crippen molar-refractivity contribution < 1.29 is 12.6 Å². The van der Waals surface area contributed by atoms with E-state index in [0.717, 1.165) is 25.6 Å². The molecule has 0 amide bonds. The van der Waals surface area contributed by atoms with Crippen LogP contribution in [0.5, 0.6) is 0 Å². The molecule has 0 aliphatic carbocycles. The summed E-state index contributed by atoms with van der Waals surface area (Å²) in [7, 11) is -3.31. The summed E-state index contributed by atoms with van der Waals surface area (Å²) in [4.78, 5) is 2.32. The summed E-state index contributed by atoms with van der Waals surface area (Å²) < 4.78 is 26.7. The summed E-state index contributed by atoms with van der Waals surface area (Å²) in [6, 6.07) is 0.236. The predicted octanol–water partition coefficient (Wildman–Crippen LogP) is 1.23. The van der Waals surface area contributed by atoms with E-state index in [0.29, 0.717) is 0 Å². The molecule has 1 saturated heterocycles. The SMILES string of the molecule is CC(C)(C)N1CCC[C@@H]1COS(C)(=O)=O. The van der Waals surface area contributed by atoms with Gasteiger partial charge >= 0.3 is 0 Å². The highest BCUT2D eigenvalue weighted by Gasteiger charge is 2.33. The maximum absolute atomic E-state index is 10.9. The van der Waals surface area contributed by atoms with Gasteiger partial charge in [-0.1, -0.05) is 0 Å². The lowest BCUT2D eigenvalue weighted by atomic mass is 10.1. The molecule has 1 atom stereocenters. The molecule has 0 radical (unpaired) electrons. The summed E-state index contributed by atoms with van der Waals surface area (Å²) in [5.41, 5.74) is 0.0853. The number of hydrogen-bond donors (Lipinski definition) is 0. The highest BCUT2D eigenvalue weighted by Crippen LogP contribution is 2.26. The van der Waals surface area contributed by atoms with Crippen molar-refractivity contribution in [3.05, 3.63) is 0 Å². The number of hydrogen-bond acceptors (Lipinski definition) is 4. The summed E-state index contributed by atoms with van der Waals surface area (Å²) in [5, 5.41) is 0. The molecule has 0 bridgehead atoms. The normalized spacial score (nSPS) is 24.7. The van der Waals surface area contributed by atoms with Gasteiger partial charge in [-0.15, -0.1) is 0 Å². The third-order valence-electron chi connectivity index (χ3n) is 2.71. The fraction of sp³-hybridized carbons (Fsp3) is 1.00. The van der Waals surface area contributed by atoms with Crippen LogP contribution in [0, 0.1) is 0 Å². The molecule has 0 N–H and O–H groups in total. The molecule has 1 aliphatic heterocycles. The fourth-order valence-corrected chi connectivity index (χ4v) is 2.50. The van der Waals surface area contributed by atoms with Crippen molar-refractivity contribution in [1.29, 1.82) is 0 Å². The zero-order chi connectivity index (χ0) is 11.7. The third kappa shape index (κ3) is 4.09. The minimum Gasteiger partial charge on any atom is -0.293 e. The summed E-state index contributed by atoms with van der Waals surface area (Å²) in [6.45, 7) is 7.75.